The summed E-state index contributed by atoms with van der Waals surface area (Å²) in [5.41, 5.74) is 12.9. The molecule has 1 saturated carbocycles. The molecule has 2 bridgehead atoms. The van der Waals surface area contributed by atoms with Crippen molar-refractivity contribution in [1.82, 2.24) is 14.9 Å². The number of hydrogen-bond acceptors (Lipinski definition) is 8. The number of H-pyrrole nitrogens is 1. The maximum atomic E-state index is 12.9. The number of aliphatic hydroxyl groups excluding tert-OH is 3. The summed E-state index contributed by atoms with van der Waals surface area (Å²) < 4.78 is 15.3. The molecule has 0 amide bonds. The van der Waals surface area contributed by atoms with E-state index in [0.29, 0.717) is 30.8 Å². The van der Waals surface area contributed by atoms with E-state index < -0.39 is 35.9 Å². The van der Waals surface area contributed by atoms with E-state index in [1.54, 1.807) is 0 Å². The molecule has 6 unspecified atom stereocenters. The number of nitrogens with one attached hydrogen (secondary N) is 2. The van der Waals surface area contributed by atoms with Gasteiger partial charge >= 0.3 is 0 Å². The average Bonchev–Trinajstić information content (AvgIpc) is 3.99. The monoisotopic (exact) mass is 808 g/mol. The number of nitrogens with zero attached hydrogens (tertiary/aromatic N) is 1. The molecule has 8 rings (SSSR count). The molecule has 1 fully saturated rings. The SMILES string of the molecule is CCCC(O)CC(O)CC(=O)CCc1ccc2c(c1)OC1C(C#CC(O)c3ccc(C(N)NCCc4ccccc4)cc3Cc3c[nH]c4cn1cc34)C1(C#CO2)CCCC1. The first-order valence-electron chi connectivity index (χ1n) is 21.6. The molecule has 312 valence electrons. The zero-order valence-corrected chi connectivity index (χ0v) is 34.3. The van der Waals surface area contributed by atoms with Gasteiger partial charge in [-0.15, -0.1) is 0 Å². The summed E-state index contributed by atoms with van der Waals surface area (Å²) in [6, 6.07) is 22.0. The number of benzene rings is 3. The number of fused-ring (bicyclic) bond motifs is 6. The molecule has 10 heteroatoms. The van der Waals surface area contributed by atoms with Crippen LogP contribution in [0.25, 0.3) is 10.9 Å². The number of ether oxygens (including phenoxy) is 2. The van der Waals surface area contributed by atoms with Gasteiger partial charge in [-0.2, -0.15) is 0 Å². The molecule has 3 aromatic carbocycles. The topological polar surface area (TPSA) is 155 Å². The van der Waals surface area contributed by atoms with Crippen molar-refractivity contribution < 1.29 is 29.6 Å². The lowest BCUT2D eigenvalue weighted by molar-refractivity contribution is -0.121. The van der Waals surface area contributed by atoms with E-state index in [0.717, 1.165) is 83.8 Å². The van der Waals surface area contributed by atoms with Crippen LogP contribution in [-0.4, -0.2) is 49.4 Å². The van der Waals surface area contributed by atoms with Crippen molar-refractivity contribution in [3.63, 3.8) is 0 Å². The highest BCUT2D eigenvalue weighted by Gasteiger charge is 2.46. The maximum Gasteiger partial charge on any atom is 0.191 e. The van der Waals surface area contributed by atoms with Crippen molar-refractivity contribution >= 4 is 16.7 Å². The van der Waals surface area contributed by atoms with E-state index in [2.05, 4.69) is 69.3 Å². The molecule has 7 N–H and O–H groups in total. The summed E-state index contributed by atoms with van der Waals surface area (Å²) in [6.07, 6.45) is 13.0. The van der Waals surface area contributed by atoms with E-state index in [-0.39, 0.29) is 31.2 Å². The minimum absolute atomic E-state index is 0.00557. The highest BCUT2D eigenvalue weighted by molar-refractivity contribution is 5.83. The number of aromatic nitrogens is 2. The van der Waals surface area contributed by atoms with Gasteiger partial charge in [-0.1, -0.05) is 98.5 Å². The zero-order chi connectivity index (χ0) is 41.6. The summed E-state index contributed by atoms with van der Waals surface area (Å²) in [5.74, 6) is 10.8. The van der Waals surface area contributed by atoms with E-state index >= 15 is 0 Å². The van der Waals surface area contributed by atoms with Crippen molar-refractivity contribution in [2.45, 2.75) is 115 Å². The minimum atomic E-state index is -1.07. The van der Waals surface area contributed by atoms with Crippen LogP contribution in [0.1, 0.15) is 117 Å². The van der Waals surface area contributed by atoms with Crippen molar-refractivity contribution in [2.75, 3.05) is 6.54 Å². The smallest absolute Gasteiger partial charge is 0.191 e. The Labute approximate surface area is 352 Å². The second-order valence-electron chi connectivity index (χ2n) is 16.9. The van der Waals surface area contributed by atoms with Crippen LogP contribution in [0.4, 0.5) is 0 Å². The number of rotatable bonds is 14. The number of hydrogen-bond donors (Lipinski definition) is 6. The molecule has 1 spiro atoms. The second-order valence-corrected chi connectivity index (χ2v) is 16.9. The van der Waals surface area contributed by atoms with Crippen molar-refractivity contribution in [2.24, 2.45) is 17.1 Å². The first kappa shape index (κ1) is 41.4. The van der Waals surface area contributed by atoms with Crippen LogP contribution < -0.4 is 20.5 Å². The fourth-order valence-electron chi connectivity index (χ4n) is 9.20. The van der Waals surface area contributed by atoms with E-state index in [1.807, 2.05) is 61.7 Å². The number of nitrogens with two attached hydrogens (primary N) is 1. The standard InChI is InChI=1S/C50H56N4O6/c1-2-8-38(55)28-40(57)29-39(56)14-11-34-12-18-46-47(25-34)60-49-43(50(22-24-59-46)20-6-7-21-50)16-17-45(58)41-15-13-35(48(51)52-23-19-33-9-4-3-5-10-33)26-36(41)27-37-30-53-44-32-54(49)31-42(37)44/h3-5,9-10,12-13,15,18,25-26,30-32,38,40,43,45,48-49,52-53,55,57-58H,2,6-8,11,14,19-21,23,27-29,51H2,1H3. The van der Waals surface area contributed by atoms with Crippen LogP contribution in [0.5, 0.6) is 11.5 Å². The zero-order valence-electron chi connectivity index (χ0n) is 34.3. The molecule has 5 aromatic rings. The van der Waals surface area contributed by atoms with Crippen molar-refractivity contribution in [3.05, 3.63) is 119 Å². The molecule has 1 aliphatic carbocycles. The van der Waals surface area contributed by atoms with Gasteiger partial charge in [-0.05, 0) is 84.0 Å². The lowest BCUT2D eigenvalue weighted by Crippen LogP contribution is -2.35. The Hall–Kier alpha value is -5.33. The predicted octanol–water partition coefficient (Wildman–Crippen LogP) is 7.31. The van der Waals surface area contributed by atoms with Crippen LogP contribution in [0.15, 0.2) is 85.3 Å². The van der Waals surface area contributed by atoms with Gasteiger partial charge < -0.3 is 40.1 Å². The minimum Gasteiger partial charge on any atom is -0.465 e. The number of carbonyl (C=O) groups excluding carboxylic acids is 1. The summed E-state index contributed by atoms with van der Waals surface area (Å²) >= 11 is 0. The highest BCUT2D eigenvalue weighted by Crippen LogP contribution is 2.50. The molecule has 2 aromatic heterocycles. The molecule has 0 radical (unpaired) electrons. The van der Waals surface area contributed by atoms with Crippen LogP contribution in [0.2, 0.25) is 0 Å². The van der Waals surface area contributed by atoms with Gasteiger partial charge in [0.05, 0.1) is 35.2 Å². The van der Waals surface area contributed by atoms with Crippen LogP contribution >= 0.6 is 0 Å². The number of aryl methyl sites for hydroxylation is 1. The van der Waals surface area contributed by atoms with Crippen molar-refractivity contribution in [3.8, 4) is 35.4 Å². The van der Waals surface area contributed by atoms with E-state index in [9.17, 15) is 20.1 Å². The quantitative estimate of drug-likeness (QED) is 0.0505. The fraction of sp³-hybridized carbons (Fsp3) is 0.420. The molecule has 0 saturated heterocycles. The lowest BCUT2D eigenvalue weighted by atomic mass is 9.73. The average molecular weight is 809 g/mol. The van der Waals surface area contributed by atoms with E-state index in [1.165, 1.54) is 5.56 Å². The second kappa shape index (κ2) is 18.5. The Morgan fingerprint density at radius 3 is 2.63 bits per heavy atom. The molecular formula is C50H56N4O6. The van der Waals surface area contributed by atoms with Gasteiger partial charge in [0.2, 0.25) is 0 Å². The van der Waals surface area contributed by atoms with Gasteiger partial charge in [0.15, 0.2) is 17.7 Å². The number of ketones is 1. The van der Waals surface area contributed by atoms with Crippen LogP contribution in [0.3, 0.4) is 0 Å². The number of aliphatic hydroxyl groups is 3. The predicted molar refractivity (Wildman–Crippen MR) is 232 cm³/mol. The third kappa shape index (κ3) is 9.34. The van der Waals surface area contributed by atoms with Gasteiger partial charge in [0, 0.05) is 49.8 Å². The fourth-order valence-corrected chi connectivity index (χ4v) is 9.20. The normalized spacial score (nSPS) is 20.4. The Morgan fingerprint density at radius 1 is 0.983 bits per heavy atom. The first-order chi connectivity index (χ1) is 29.2. The van der Waals surface area contributed by atoms with Gasteiger partial charge in [0.25, 0.3) is 0 Å². The number of Topliss-reactive ketones (excluding diaryl/α,β-unsaturated/α-hetero) is 1. The maximum absolute atomic E-state index is 12.9. The molecule has 4 heterocycles. The van der Waals surface area contributed by atoms with Crippen LogP contribution in [-0.2, 0) is 24.1 Å². The van der Waals surface area contributed by atoms with Gasteiger partial charge in [-0.25, -0.2) is 0 Å². The largest absolute Gasteiger partial charge is 0.465 e. The number of carbonyl (C=O) groups is 1. The molecule has 2 aliphatic heterocycles. The molecule has 6 atom stereocenters. The summed E-state index contributed by atoms with van der Waals surface area (Å²) in [5, 5.41) is 37.0. The molecule has 60 heavy (non-hydrogen) atoms. The molecular weight excluding hydrogens is 753 g/mol. The van der Waals surface area contributed by atoms with Crippen molar-refractivity contribution in [1.29, 1.82) is 0 Å². The lowest BCUT2D eigenvalue weighted by Gasteiger charge is -2.35. The highest BCUT2D eigenvalue weighted by atomic mass is 16.5. The summed E-state index contributed by atoms with van der Waals surface area (Å²) in [7, 11) is 0. The first-order valence-corrected chi connectivity index (χ1v) is 21.6. The Kier molecular flexibility index (Phi) is 12.8. The molecule has 3 aliphatic rings. The van der Waals surface area contributed by atoms with Gasteiger partial charge in [0.1, 0.15) is 18.0 Å². The Balaban J connectivity index is 1.09. The summed E-state index contributed by atoms with van der Waals surface area (Å²) in [6.45, 7) is 2.71. The third-order valence-electron chi connectivity index (χ3n) is 12.5. The van der Waals surface area contributed by atoms with Crippen LogP contribution in [0, 0.1) is 35.2 Å². The van der Waals surface area contributed by atoms with Gasteiger partial charge in [-0.3, -0.25) is 10.1 Å². The third-order valence-corrected chi connectivity index (χ3v) is 12.5. The Morgan fingerprint density at radius 2 is 1.82 bits per heavy atom. The molecule has 10 nitrogen and oxygen atoms in total. The summed E-state index contributed by atoms with van der Waals surface area (Å²) in [4.78, 5) is 16.4. The van der Waals surface area contributed by atoms with E-state index in [4.69, 9.17) is 15.2 Å². The Bertz CT molecular complexity index is 2410. The number of aromatic amines is 1.